The Bertz CT molecular complexity index is 290. The molecule has 7 heteroatoms. The van der Waals surface area contributed by atoms with Crippen molar-refractivity contribution in [3.05, 3.63) is 0 Å². The summed E-state index contributed by atoms with van der Waals surface area (Å²) in [4.78, 5) is 21.6. The summed E-state index contributed by atoms with van der Waals surface area (Å²) >= 11 is 0. The molecule has 0 spiro atoms. The van der Waals surface area contributed by atoms with Crippen molar-refractivity contribution in [3.8, 4) is 0 Å². The van der Waals surface area contributed by atoms with Crippen LogP contribution in [-0.2, 0) is 28.5 Å². The van der Waals surface area contributed by atoms with Crippen LogP contribution in [0.4, 0.5) is 0 Å². The van der Waals surface area contributed by atoms with Crippen molar-refractivity contribution in [1.29, 1.82) is 0 Å². The fraction of sp³-hybridized carbons (Fsp3) is 0.800. The molecule has 4 atom stereocenters. The molecule has 0 radical (unpaired) electrons. The average Bonchev–Trinajstić information content (AvgIpc) is 2.51. The highest BCUT2D eigenvalue weighted by Gasteiger charge is 2.47. The van der Waals surface area contributed by atoms with Gasteiger partial charge in [-0.05, 0) is 0 Å². The van der Waals surface area contributed by atoms with Crippen molar-refractivity contribution in [2.75, 3.05) is 13.7 Å². The van der Waals surface area contributed by atoms with E-state index in [9.17, 15) is 14.7 Å². The van der Waals surface area contributed by atoms with Crippen LogP contribution in [0.2, 0.25) is 0 Å². The van der Waals surface area contributed by atoms with Crippen molar-refractivity contribution in [3.63, 3.8) is 0 Å². The fourth-order valence-corrected chi connectivity index (χ4v) is 1.63. The molecular weight excluding hydrogens is 232 g/mol. The zero-order valence-electron chi connectivity index (χ0n) is 9.91. The standard InChI is InChI=1S/C10H16O7/c1-5(11)15-4-7-8(16-6(2)12)9(14-3)10(13)17-7/h7-10,13H,4H2,1-3H3/t7-,8+,9?,10?/m1/s1. The van der Waals surface area contributed by atoms with E-state index in [0.29, 0.717) is 0 Å². The molecule has 17 heavy (non-hydrogen) atoms. The van der Waals surface area contributed by atoms with Gasteiger partial charge in [-0.15, -0.1) is 0 Å². The molecule has 0 aliphatic carbocycles. The Balaban J connectivity index is 2.66. The number of esters is 2. The first kappa shape index (κ1) is 13.9. The topological polar surface area (TPSA) is 91.3 Å². The molecule has 1 N–H and O–H groups in total. The lowest BCUT2D eigenvalue weighted by Crippen LogP contribution is -2.39. The maximum absolute atomic E-state index is 10.9. The Labute approximate surface area is 98.6 Å². The molecule has 98 valence electrons. The molecule has 0 aromatic rings. The normalized spacial score (nSPS) is 32.2. The lowest BCUT2D eigenvalue weighted by Gasteiger charge is -2.21. The zero-order valence-corrected chi connectivity index (χ0v) is 9.91. The first-order valence-electron chi connectivity index (χ1n) is 5.12. The molecular formula is C10H16O7. The van der Waals surface area contributed by atoms with Crippen LogP contribution < -0.4 is 0 Å². The fourth-order valence-electron chi connectivity index (χ4n) is 1.63. The zero-order chi connectivity index (χ0) is 13.0. The number of hydrogen-bond donors (Lipinski definition) is 1. The highest BCUT2D eigenvalue weighted by molar-refractivity contribution is 5.66. The Morgan fingerprint density at radius 2 is 1.88 bits per heavy atom. The van der Waals surface area contributed by atoms with E-state index in [-0.39, 0.29) is 6.61 Å². The van der Waals surface area contributed by atoms with Gasteiger partial charge in [0.15, 0.2) is 12.4 Å². The number of carbonyl (C=O) groups excluding carboxylic acids is 2. The van der Waals surface area contributed by atoms with Crippen molar-refractivity contribution < 1.29 is 33.6 Å². The summed E-state index contributed by atoms with van der Waals surface area (Å²) in [6.07, 6.45) is -3.54. The van der Waals surface area contributed by atoms with Crippen LogP contribution in [-0.4, -0.2) is 55.4 Å². The third kappa shape index (κ3) is 3.65. The first-order chi connectivity index (χ1) is 7.95. The number of carbonyl (C=O) groups is 2. The minimum Gasteiger partial charge on any atom is -0.463 e. The van der Waals surface area contributed by atoms with Crippen LogP contribution in [0.15, 0.2) is 0 Å². The molecule has 0 aromatic heterocycles. The van der Waals surface area contributed by atoms with Crippen LogP contribution in [0.3, 0.4) is 0 Å². The second kappa shape index (κ2) is 5.95. The van der Waals surface area contributed by atoms with Gasteiger partial charge in [0.05, 0.1) is 0 Å². The lowest BCUT2D eigenvalue weighted by atomic mass is 10.1. The third-order valence-electron chi connectivity index (χ3n) is 2.31. The van der Waals surface area contributed by atoms with Gasteiger partial charge in [0, 0.05) is 21.0 Å². The molecule has 1 aliphatic rings. The van der Waals surface area contributed by atoms with Gasteiger partial charge >= 0.3 is 11.9 Å². The predicted molar refractivity (Wildman–Crippen MR) is 53.9 cm³/mol. The van der Waals surface area contributed by atoms with E-state index in [1.54, 1.807) is 0 Å². The summed E-state index contributed by atoms with van der Waals surface area (Å²) in [7, 11) is 1.36. The summed E-state index contributed by atoms with van der Waals surface area (Å²) in [5.41, 5.74) is 0. The monoisotopic (exact) mass is 248 g/mol. The maximum Gasteiger partial charge on any atom is 0.303 e. The van der Waals surface area contributed by atoms with Gasteiger partial charge < -0.3 is 24.1 Å². The molecule has 1 aliphatic heterocycles. The summed E-state index contributed by atoms with van der Waals surface area (Å²) in [5, 5.41) is 9.53. The molecule has 1 rings (SSSR count). The molecule has 7 nitrogen and oxygen atoms in total. The molecule has 2 unspecified atom stereocenters. The third-order valence-corrected chi connectivity index (χ3v) is 2.31. The molecule has 1 saturated heterocycles. The molecule has 1 heterocycles. The summed E-state index contributed by atoms with van der Waals surface area (Å²) in [6, 6.07) is 0. The Morgan fingerprint density at radius 1 is 1.24 bits per heavy atom. The van der Waals surface area contributed by atoms with Crippen molar-refractivity contribution in [2.45, 2.75) is 38.4 Å². The van der Waals surface area contributed by atoms with Crippen LogP contribution in [0.25, 0.3) is 0 Å². The van der Waals surface area contributed by atoms with Gasteiger partial charge in [-0.2, -0.15) is 0 Å². The van der Waals surface area contributed by atoms with Crippen LogP contribution >= 0.6 is 0 Å². The maximum atomic E-state index is 10.9. The highest BCUT2D eigenvalue weighted by atomic mass is 16.7. The molecule has 1 fully saturated rings. The van der Waals surface area contributed by atoms with E-state index >= 15 is 0 Å². The number of hydrogen-bond acceptors (Lipinski definition) is 7. The smallest absolute Gasteiger partial charge is 0.303 e. The number of methoxy groups -OCH3 is 1. The van der Waals surface area contributed by atoms with Gasteiger partial charge in [0.25, 0.3) is 0 Å². The van der Waals surface area contributed by atoms with Crippen molar-refractivity contribution >= 4 is 11.9 Å². The summed E-state index contributed by atoms with van der Waals surface area (Å²) in [6.45, 7) is 2.38. The second-order valence-electron chi connectivity index (χ2n) is 3.64. The average molecular weight is 248 g/mol. The Morgan fingerprint density at radius 3 is 2.35 bits per heavy atom. The number of ether oxygens (including phenoxy) is 4. The number of aliphatic hydroxyl groups excluding tert-OH is 1. The largest absolute Gasteiger partial charge is 0.463 e. The second-order valence-corrected chi connectivity index (χ2v) is 3.64. The van der Waals surface area contributed by atoms with E-state index < -0.39 is 36.5 Å². The Hall–Kier alpha value is -1.18. The minimum atomic E-state index is -1.22. The SMILES string of the molecule is COC1C(O)O[C@H](COC(C)=O)[C@@H]1OC(C)=O. The Kier molecular flexibility index (Phi) is 4.86. The minimum absolute atomic E-state index is 0.107. The van der Waals surface area contributed by atoms with E-state index in [2.05, 4.69) is 0 Å². The van der Waals surface area contributed by atoms with Gasteiger partial charge in [0.2, 0.25) is 0 Å². The highest BCUT2D eigenvalue weighted by Crippen LogP contribution is 2.25. The van der Waals surface area contributed by atoms with Gasteiger partial charge in [-0.3, -0.25) is 9.59 Å². The van der Waals surface area contributed by atoms with Gasteiger partial charge in [-0.25, -0.2) is 0 Å². The predicted octanol–water partition coefficient (Wildman–Crippen LogP) is -0.787. The number of rotatable bonds is 4. The van der Waals surface area contributed by atoms with Crippen LogP contribution in [0.5, 0.6) is 0 Å². The van der Waals surface area contributed by atoms with Crippen LogP contribution in [0.1, 0.15) is 13.8 Å². The van der Waals surface area contributed by atoms with Crippen LogP contribution in [0, 0.1) is 0 Å². The molecule has 0 bridgehead atoms. The summed E-state index contributed by atoms with van der Waals surface area (Å²) < 4.78 is 19.8. The van der Waals surface area contributed by atoms with E-state index in [1.807, 2.05) is 0 Å². The summed E-state index contributed by atoms with van der Waals surface area (Å²) in [5.74, 6) is -1.01. The molecule has 0 saturated carbocycles. The van der Waals surface area contributed by atoms with Gasteiger partial charge in [-0.1, -0.05) is 0 Å². The van der Waals surface area contributed by atoms with Crippen molar-refractivity contribution in [2.24, 2.45) is 0 Å². The quantitative estimate of drug-likeness (QED) is 0.652. The molecule has 0 amide bonds. The molecule has 0 aromatic carbocycles. The lowest BCUT2D eigenvalue weighted by molar-refractivity contribution is -0.159. The first-order valence-corrected chi connectivity index (χ1v) is 5.12. The van der Waals surface area contributed by atoms with Gasteiger partial charge in [0.1, 0.15) is 18.8 Å². The number of aliphatic hydroxyl groups is 1. The van der Waals surface area contributed by atoms with E-state index in [4.69, 9.17) is 18.9 Å². The van der Waals surface area contributed by atoms with E-state index in [0.717, 1.165) is 0 Å². The van der Waals surface area contributed by atoms with Crippen molar-refractivity contribution in [1.82, 2.24) is 0 Å². The van der Waals surface area contributed by atoms with E-state index in [1.165, 1.54) is 21.0 Å².